The maximum absolute atomic E-state index is 5.07. The number of nitrogens with zero attached hydrogens (tertiary/aromatic N) is 1. The lowest BCUT2D eigenvalue weighted by Gasteiger charge is -2.05. The zero-order valence-corrected chi connectivity index (χ0v) is 8.44. The molecule has 0 radical (unpaired) electrons. The van der Waals surface area contributed by atoms with Crippen LogP contribution < -0.4 is 0 Å². The summed E-state index contributed by atoms with van der Waals surface area (Å²) in [5, 5.41) is 0. The molecule has 2 rings (SSSR count). The number of benzene rings is 1. The molecule has 0 bridgehead atoms. The summed E-state index contributed by atoms with van der Waals surface area (Å²) in [6.07, 6.45) is 3.74. The Bertz CT molecular complexity index is 316. The fraction of sp³-hybridized carbons (Fsp3) is 0.417. The molecule has 0 amide bonds. The summed E-state index contributed by atoms with van der Waals surface area (Å²) < 4.78 is 5.07. The molecular formula is C12H15NO. The van der Waals surface area contributed by atoms with Crippen LogP contribution in [0.3, 0.4) is 0 Å². The zero-order chi connectivity index (χ0) is 9.80. The van der Waals surface area contributed by atoms with E-state index >= 15 is 0 Å². The van der Waals surface area contributed by atoms with Gasteiger partial charge in [-0.05, 0) is 25.3 Å². The number of hydrogen-bond donors (Lipinski definition) is 0. The van der Waals surface area contributed by atoms with Gasteiger partial charge in [-0.25, -0.2) is 0 Å². The molecule has 0 aromatic heterocycles. The summed E-state index contributed by atoms with van der Waals surface area (Å²) in [6.45, 7) is 2.87. The zero-order valence-electron chi connectivity index (χ0n) is 8.44. The van der Waals surface area contributed by atoms with Crippen LogP contribution in [0.5, 0.6) is 0 Å². The summed E-state index contributed by atoms with van der Waals surface area (Å²) in [6, 6.07) is 9.06. The average Bonchev–Trinajstić information content (AvgIpc) is 2.70. The fourth-order valence-electron chi connectivity index (χ4n) is 1.57. The lowest BCUT2D eigenvalue weighted by molar-refractivity contribution is 0.322. The van der Waals surface area contributed by atoms with E-state index in [1.165, 1.54) is 11.1 Å². The van der Waals surface area contributed by atoms with Crippen LogP contribution >= 0.6 is 0 Å². The largest absolute Gasteiger partial charge is 0.481 e. The van der Waals surface area contributed by atoms with Crippen LogP contribution in [0, 0.1) is 6.92 Å². The second kappa shape index (κ2) is 4.27. The minimum absolute atomic E-state index is 0.372. The maximum atomic E-state index is 5.07. The third-order valence-electron chi connectivity index (χ3n) is 2.52. The lowest BCUT2D eigenvalue weighted by atomic mass is 10.0. The number of aliphatic imine (C=N–C) groups is 1. The standard InChI is InChI=1S/C12H15NO/c1-10-2-4-11(5-3-10)6-7-12-8-14-9-13-12/h2-5,9,12H,6-8H2,1H3. The molecule has 1 atom stereocenters. The Morgan fingerprint density at radius 2 is 2.14 bits per heavy atom. The highest BCUT2D eigenvalue weighted by Gasteiger charge is 2.10. The van der Waals surface area contributed by atoms with Crippen molar-refractivity contribution in [3.8, 4) is 0 Å². The van der Waals surface area contributed by atoms with Crippen LogP contribution in [0.2, 0.25) is 0 Å². The van der Waals surface area contributed by atoms with Gasteiger partial charge in [-0.1, -0.05) is 29.8 Å². The molecule has 0 aliphatic carbocycles. The molecule has 2 nitrogen and oxygen atoms in total. The molecule has 74 valence electrons. The molecule has 0 spiro atoms. The van der Waals surface area contributed by atoms with Crippen molar-refractivity contribution in [1.82, 2.24) is 0 Å². The molecule has 0 N–H and O–H groups in total. The molecule has 0 saturated carbocycles. The third-order valence-corrected chi connectivity index (χ3v) is 2.52. The van der Waals surface area contributed by atoms with E-state index in [1.54, 1.807) is 6.40 Å². The second-order valence-electron chi connectivity index (χ2n) is 3.77. The van der Waals surface area contributed by atoms with Crippen molar-refractivity contribution in [2.75, 3.05) is 6.61 Å². The Morgan fingerprint density at radius 3 is 2.79 bits per heavy atom. The first kappa shape index (κ1) is 9.25. The van der Waals surface area contributed by atoms with Crippen molar-refractivity contribution in [3.05, 3.63) is 35.4 Å². The van der Waals surface area contributed by atoms with Crippen LogP contribution in [0.1, 0.15) is 17.5 Å². The number of aryl methyl sites for hydroxylation is 2. The Balaban J connectivity index is 1.85. The van der Waals surface area contributed by atoms with Crippen molar-refractivity contribution in [3.63, 3.8) is 0 Å². The maximum Gasteiger partial charge on any atom is 0.169 e. The fourth-order valence-corrected chi connectivity index (χ4v) is 1.57. The van der Waals surface area contributed by atoms with E-state index in [0.717, 1.165) is 19.4 Å². The smallest absolute Gasteiger partial charge is 0.169 e. The molecule has 1 aromatic carbocycles. The van der Waals surface area contributed by atoms with Crippen molar-refractivity contribution in [1.29, 1.82) is 0 Å². The SMILES string of the molecule is Cc1ccc(CCC2COC=N2)cc1. The molecule has 0 fully saturated rings. The Morgan fingerprint density at radius 1 is 1.36 bits per heavy atom. The molecule has 1 heterocycles. The minimum Gasteiger partial charge on any atom is -0.481 e. The van der Waals surface area contributed by atoms with Gasteiger partial charge in [-0.3, -0.25) is 4.99 Å². The second-order valence-corrected chi connectivity index (χ2v) is 3.77. The predicted octanol–water partition coefficient (Wildman–Crippen LogP) is 2.35. The number of ether oxygens (including phenoxy) is 1. The molecule has 1 aliphatic rings. The van der Waals surface area contributed by atoms with Crippen LogP contribution in [-0.2, 0) is 11.2 Å². The normalized spacial score (nSPS) is 19.6. The van der Waals surface area contributed by atoms with Gasteiger partial charge in [0.05, 0.1) is 6.04 Å². The van der Waals surface area contributed by atoms with Gasteiger partial charge >= 0.3 is 0 Å². The van der Waals surface area contributed by atoms with Crippen molar-refractivity contribution in [2.45, 2.75) is 25.8 Å². The Kier molecular flexibility index (Phi) is 2.82. The van der Waals surface area contributed by atoms with Gasteiger partial charge in [0.2, 0.25) is 0 Å². The van der Waals surface area contributed by atoms with E-state index in [1.807, 2.05) is 0 Å². The van der Waals surface area contributed by atoms with E-state index in [2.05, 4.69) is 36.2 Å². The topological polar surface area (TPSA) is 21.6 Å². The van der Waals surface area contributed by atoms with Gasteiger partial charge in [0.1, 0.15) is 6.61 Å². The van der Waals surface area contributed by atoms with Gasteiger partial charge in [0.15, 0.2) is 6.40 Å². The number of rotatable bonds is 3. The molecule has 2 heteroatoms. The molecule has 1 aliphatic heterocycles. The summed E-state index contributed by atoms with van der Waals surface area (Å²) >= 11 is 0. The summed E-state index contributed by atoms with van der Waals surface area (Å²) in [5.41, 5.74) is 2.70. The summed E-state index contributed by atoms with van der Waals surface area (Å²) in [7, 11) is 0. The first-order chi connectivity index (χ1) is 6.84. The molecule has 0 saturated heterocycles. The highest BCUT2D eigenvalue weighted by atomic mass is 16.5. The van der Waals surface area contributed by atoms with Crippen molar-refractivity contribution in [2.24, 2.45) is 4.99 Å². The monoisotopic (exact) mass is 189 g/mol. The summed E-state index contributed by atoms with van der Waals surface area (Å²) in [5.74, 6) is 0. The van der Waals surface area contributed by atoms with Crippen LogP contribution in [0.15, 0.2) is 29.3 Å². The van der Waals surface area contributed by atoms with Gasteiger partial charge in [0.25, 0.3) is 0 Å². The molecular weight excluding hydrogens is 174 g/mol. The highest BCUT2D eigenvalue weighted by Crippen LogP contribution is 2.11. The minimum atomic E-state index is 0.372. The van der Waals surface area contributed by atoms with Gasteiger partial charge in [-0.15, -0.1) is 0 Å². The Labute approximate surface area is 84.6 Å². The van der Waals surface area contributed by atoms with E-state index in [9.17, 15) is 0 Å². The van der Waals surface area contributed by atoms with Crippen LogP contribution in [0.25, 0.3) is 0 Å². The van der Waals surface area contributed by atoms with Crippen molar-refractivity contribution < 1.29 is 4.74 Å². The quantitative estimate of drug-likeness (QED) is 0.715. The van der Waals surface area contributed by atoms with E-state index in [-0.39, 0.29) is 0 Å². The number of hydrogen-bond acceptors (Lipinski definition) is 2. The highest BCUT2D eigenvalue weighted by molar-refractivity contribution is 5.48. The summed E-state index contributed by atoms with van der Waals surface area (Å²) in [4.78, 5) is 4.22. The van der Waals surface area contributed by atoms with Crippen LogP contribution in [0.4, 0.5) is 0 Å². The van der Waals surface area contributed by atoms with E-state index in [4.69, 9.17) is 4.74 Å². The van der Waals surface area contributed by atoms with Gasteiger partial charge in [0, 0.05) is 0 Å². The van der Waals surface area contributed by atoms with E-state index < -0.39 is 0 Å². The predicted molar refractivity (Wildman–Crippen MR) is 57.7 cm³/mol. The molecule has 1 unspecified atom stereocenters. The lowest BCUT2D eigenvalue weighted by Crippen LogP contribution is -2.07. The van der Waals surface area contributed by atoms with Crippen molar-refractivity contribution >= 4 is 6.40 Å². The van der Waals surface area contributed by atoms with Gasteiger partial charge < -0.3 is 4.74 Å². The Hall–Kier alpha value is -1.31. The first-order valence-electron chi connectivity index (χ1n) is 5.03. The average molecular weight is 189 g/mol. The van der Waals surface area contributed by atoms with Gasteiger partial charge in [-0.2, -0.15) is 0 Å². The first-order valence-corrected chi connectivity index (χ1v) is 5.03. The van der Waals surface area contributed by atoms with Crippen LogP contribution in [-0.4, -0.2) is 19.0 Å². The third kappa shape index (κ3) is 2.34. The molecule has 14 heavy (non-hydrogen) atoms. The molecule has 1 aromatic rings. The van der Waals surface area contributed by atoms with E-state index in [0.29, 0.717) is 6.04 Å².